The fourth-order valence-electron chi connectivity index (χ4n) is 3.36. The third-order valence-electron chi connectivity index (χ3n) is 4.84. The second-order valence-electron chi connectivity index (χ2n) is 6.93. The van der Waals surface area contributed by atoms with E-state index < -0.39 is 0 Å². The Morgan fingerprint density at radius 3 is 2.59 bits per heavy atom. The lowest BCUT2D eigenvalue weighted by Gasteiger charge is -2.09. The number of aryl methyl sites for hydroxylation is 1. The summed E-state index contributed by atoms with van der Waals surface area (Å²) in [5.41, 5.74) is 10.1. The van der Waals surface area contributed by atoms with Gasteiger partial charge in [-0.2, -0.15) is 5.10 Å². The number of hydrogen-bond donors (Lipinski definition) is 2. The van der Waals surface area contributed by atoms with E-state index in [0.29, 0.717) is 5.82 Å². The minimum Gasteiger partial charge on any atom is -0.496 e. The van der Waals surface area contributed by atoms with Gasteiger partial charge in [0.1, 0.15) is 17.2 Å². The lowest BCUT2D eigenvalue weighted by Crippen LogP contribution is -2.03. The maximum atomic E-state index is 5.81. The van der Waals surface area contributed by atoms with Gasteiger partial charge in [0.15, 0.2) is 0 Å². The third-order valence-corrected chi connectivity index (χ3v) is 4.84. The van der Waals surface area contributed by atoms with Crippen molar-refractivity contribution in [1.29, 1.82) is 0 Å². The minimum atomic E-state index is 0.475. The number of nitrogens with two attached hydrogens (primary N) is 1. The monoisotopic (exact) mass is 391 g/mol. The molecule has 5 rings (SSSR count). The summed E-state index contributed by atoms with van der Waals surface area (Å²) in [4.78, 5) is 8.84. The Bertz CT molecular complexity index is 1100. The van der Waals surface area contributed by atoms with E-state index in [-0.39, 0.29) is 0 Å². The van der Waals surface area contributed by atoms with E-state index in [1.807, 2.05) is 42.0 Å². The molecule has 1 aliphatic rings. The smallest absolute Gasteiger partial charge is 0.140 e. The van der Waals surface area contributed by atoms with Crippen LogP contribution in [0.15, 0.2) is 49.1 Å². The van der Waals surface area contributed by atoms with Crippen LogP contribution < -0.4 is 15.8 Å². The topological polar surface area (TPSA) is 95.3 Å². The van der Waals surface area contributed by atoms with E-state index in [1.54, 1.807) is 30.3 Å². The Morgan fingerprint density at radius 2 is 1.97 bits per heavy atom. The molecule has 150 valence electrons. The number of anilines is 1. The van der Waals surface area contributed by atoms with Crippen molar-refractivity contribution in [3.63, 3.8) is 0 Å². The van der Waals surface area contributed by atoms with Gasteiger partial charge in [-0.1, -0.05) is 6.07 Å². The predicted octanol–water partition coefficient (Wildman–Crippen LogP) is 2.76. The molecule has 5 heterocycles. The summed E-state index contributed by atoms with van der Waals surface area (Å²) in [5, 5.41) is 7.46. The Hall–Kier alpha value is -3.39. The number of aromatic nitrogens is 5. The maximum Gasteiger partial charge on any atom is 0.140 e. The molecule has 0 amide bonds. The summed E-state index contributed by atoms with van der Waals surface area (Å²) in [6.07, 6.45) is 10.3. The number of ether oxygens (including phenoxy) is 1. The first-order valence-corrected chi connectivity index (χ1v) is 9.63. The lowest BCUT2D eigenvalue weighted by molar-refractivity contribution is 0.416. The van der Waals surface area contributed by atoms with Crippen molar-refractivity contribution in [2.75, 3.05) is 25.9 Å². The molecule has 1 saturated heterocycles. The largest absolute Gasteiger partial charge is 0.496 e. The van der Waals surface area contributed by atoms with Crippen molar-refractivity contribution in [2.45, 2.75) is 12.8 Å². The van der Waals surface area contributed by atoms with Gasteiger partial charge in [0.2, 0.25) is 0 Å². The molecule has 0 unspecified atom stereocenters. The van der Waals surface area contributed by atoms with E-state index in [1.165, 1.54) is 25.9 Å². The third kappa shape index (κ3) is 4.07. The molecule has 0 saturated carbocycles. The van der Waals surface area contributed by atoms with Gasteiger partial charge >= 0.3 is 0 Å². The summed E-state index contributed by atoms with van der Waals surface area (Å²) in [6.45, 7) is 2.50. The van der Waals surface area contributed by atoms with Gasteiger partial charge < -0.3 is 15.8 Å². The SMILES string of the molecule is C1CCNC1.COc1cc2ncc(-c3cccc(N)n3)n2cc1-c1cnn(C)c1. The fraction of sp³-hybridized carbons (Fsp3) is 0.286. The van der Waals surface area contributed by atoms with E-state index in [4.69, 9.17) is 10.5 Å². The van der Waals surface area contributed by atoms with E-state index in [2.05, 4.69) is 20.4 Å². The summed E-state index contributed by atoms with van der Waals surface area (Å²) in [7, 11) is 3.53. The molecule has 0 aromatic carbocycles. The Kier molecular flexibility index (Phi) is 5.44. The molecule has 4 aromatic rings. The van der Waals surface area contributed by atoms with Crippen molar-refractivity contribution in [2.24, 2.45) is 7.05 Å². The van der Waals surface area contributed by atoms with Gasteiger partial charge in [-0.25, -0.2) is 9.97 Å². The van der Waals surface area contributed by atoms with Gasteiger partial charge in [-0.15, -0.1) is 0 Å². The molecule has 0 radical (unpaired) electrons. The molecule has 1 aliphatic heterocycles. The maximum absolute atomic E-state index is 5.81. The van der Waals surface area contributed by atoms with E-state index in [9.17, 15) is 0 Å². The standard InChI is InChI=1S/C17H16N6O.C4H9N/c1-22-9-11(7-20-22)12-10-23-14(13-4-3-5-16(18)21-13)8-19-17(23)6-15(12)24-2;1-2-4-5-3-1/h3-10H,1-2H3,(H2,18,21);5H,1-4H2. The second-order valence-corrected chi connectivity index (χ2v) is 6.93. The average molecular weight is 391 g/mol. The first kappa shape index (κ1) is 18.9. The average Bonchev–Trinajstić information content (AvgIpc) is 3.49. The zero-order valence-electron chi connectivity index (χ0n) is 16.7. The van der Waals surface area contributed by atoms with Gasteiger partial charge in [0.25, 0.3) is 0 Å². The molecule has 0 bridgehead atoms. The quantitative estimate of drug-likeness (QED) is 0.558. The number of nitrogens with zero attached hydrogens (tertiary/aromatic N) is 5. The molecule has 3 N–H and O–H groups in total. The van der Waals surface area contributed by atoms with Crippen LogP contribution in [-0.4, -0.2) is 44.3 Å². The molecule has 8 heteroatoms. The van der Waals surface area contributed by atoms with E-state index >= 15 is 0 Å². The molecule has 0 atom stereocenters. The molecule has 29 heavy (non-hydrogen) atoms. The van der Waals surface area contributed by atoms with E-state index in [0.717, 1.165) is 33.9 Å². The van der Waals surface area contributed by atoms with Crippen LogP contribution in [-0.2, 0) is 7.05 Å². The zero-order valence-corrected chi connectivity index (χ0v) is 16.7. The number of hydrogen-bond acceptors (Lipinski definition) is 6. The summed E-state index contributed by atoms with van der Waals surface area (Å²) >= 11 is 0. The molecule has 1 fully saturated rings. The van der Waals surface area contributed by atoms with Crippen molar-refractivity contribution >= 4 is 11.5 Å². The molecular weight excluding hydrogens is 366 g/mol. The summed E-state index contributed by atoms with van der Waals surface area (Å²) in [6, 6.07) is 7.45. The minimum absolute atomic E-state index is 0.475. The van der Waals surface area contributed by atoms with Crippen LogP contribution in [0.1, 0.15) is 12.8 Å². The van der Waals surface area contributed by atoms with Crippen LogP contribution in [0, 0.1) is 0 Å². The number of methoxy groups -OCH3 is 1. The Morgan fingerprint density at radius 1 is 1.14 bits per heavy atom. The second kappa shape index (κ2) is 8.32. The van der Waals surface area contributed by atoms with Crippen LogP contribution >= 0.6 is 0 Å². The number of fused-ring (bicyclic) bond motifs is 1. The van der Waals surface area contributed by atoms with Crippen LogP contribution in [0.2, 0.25) is 0 Å². The van der Waals surface area contributed by atoms with Gasteiger partial charge in [0, 0.05) is 36.6 Å². The fourth-order valence-corrected chi connectivity index (χ4v) is 3.36. The normalized spacial score (nSPS) is 13.3. The van der Waals surface area contributed by atoms with Crippen LogP contribution in [0.4, 0.5) is 5.82 Å². The lowest BCUT2D eigenvalue weighted by atomic mass is 10.1. The Balaban J connectivity index is 0.000000359. The number of nitrogens with one attached hydrogen (secondary N) is 1. The highest BCUT2D eigenvalue weighted by atomic mass is 16.5. The highest BCUT2D eigenvalue weighted by molar-refractivity contribution is 5.73. The van der Waals surface area contributed by atoms with Gasteiger partial charge in [-0.05, 0) is 38.1 Å². The van der Waals surface area contributed by atoms with Crippen molar-refractivity contribution in [3.8, 4) is 28.3 Å². The van der Waals surface area contributed by atoms with Crippen LogP contribution in [0.3, 0.4) is 0 Å². The first-order chi connectivity index (χ1) is 14.2. The molecule has 4 aromatic heterocycles. The highest BCUT2D eigenvalue weighted by Crippen LogP contribution is 2.32. The summed E-state index contributed by atoms with van der Waals surface area (Å²) in [5.74, 6) is 1.22. The summed E-state index contributed by atoms with van der Waals surface area (Å²) < 4.78 is 9.26. The number of pyridine rings is 2. The van der Waals surface area contributed by atoms with Crippen molar-refractivity contribution in [1.82, 2.24) is 29.5 Å². The molecule has 8 nitrogen and oxygen atoms in total. The first-order valence-electron chi connectivity index (χ1n) is 9.63. The number of nitrogen functional groups attached to an aromatic ring is 1. The van der Waals surface area contributed by atoms with Gasteiger partial charge in [-0.3, -0.25) is 9.08 Å². The van der Waals surface area contributed by atoms with Crippen molar-refractivity contribution in [3.05, 3.63) is 49.1 Å². The molecule has 0 aliphatic carbocycles. The molecular formula is C21H25N7O. The van der Waals surface area contributed by atoms with Crippen molar-refractivity contribution < 1.29 is 4.74 Å². The highest BCUT2D eigenvalue weighted by Gasteiger charge is 2.14. The van der Waals surface area contributed by atoms with Gasteiger partial charge in [0.05, 0.1) is 30.9 Å². The molecule has 0 spiro atoms. The predicted molar refractivity (Wildman–Crippen MR) is 114 cm³/mol. The Labute approximate surface area is 169 Å². The van der Waals surface area contributed by atoms with Crippen LogP contribution in [0.5, 0.6) is 5.75 Å². The number of rotatable bonds is 3. The zero-order chi connectivity index (χ0) is 20.2. The van der Waals surface area contributed by atoms with Crippen LogP contribution in [0.25, 0.3) is 28.2 Å². The number of imidazole rings is 1.